The smallest absolute Gasteiger partial charge is 0.207 e. The fraction of sp³-hybridized carbons (Fsp3) is 0.500. The molecule has 0 aliphatic rings. The van der Waals surface area contributed by atoms with Gasteiger partial charge in [-0.1, -0.05) is 11.6 Å². The summed E-state index contributed by atoms with van der Waals surface area (Å²) in [6.45, 7) is 0.740. The van der Waals surface area contributed by atoms with Crippen LogP contribution in [0.4, 0.5) is 0 Å². The molecule has 0 radical (unpaired) electrons. The number of hydrogen-bond acceptors (Lipinski definition) is 4. The number of nitrogens with two attached hydrogens (primary N) is 1. The van der Waals surface area contributed by atoms with Crippen molar-refractivity contribution in [1.82, 2.24) is 9.78 Å². The molecule has 0 unspecified atom stereocenters. The quantitative estimate of drug-likeness (QED) is 0.566. The maximum Gasteiger partial charge on any atom is 0.207 e. The van der Waals surface area contributed by atoms with Crippen LogP contribution in [0.1, 0.15) is 10.5 Å². The minimum absolute atomic E-state index is 0.0174. The van der Waals surface area contributed by atoms with E-state index in [4.69, 9.17) is 22.1 Å². The maximum absolute atomic E-state index is 11.5. The number of aryl methyl sites for hydroxylation is 1. The van der Waals surface area contributed by atoms with Crippen LogP contribution in [0.2, 0.25) is 5.02 Å². The Kier molecular flexibility index (Phi) is 4.06. The first-order valence-electron chi connectivity index (χ1n) is 4.15. The zero-order valence-electron chi connectivity index (χ0n) is 7.86. The highest BCUT2D eigenvalue weighted by atomic mass is 35.5. The lowest BCUT2D eigenvalue weighted by Crippen LogP contribution is -2.17. The SMILES string of the molecule is Cn1ncc(Cl)c1C(=O)COCCN. The van der Waals surface area contributed by atoms with Gasteiger partial charge in [0.2, 0.25) is 5.78 Å². The van der Waals surface area contributed by atoms with Gasteiger partial charge in [0, 0.05) is 13.6 Å². The van der Waals surface area contributed by atoms with Gasteiger partial charge in [-0.05, 0) is 0 Å². The summed E-state index contributed by atoms with van der Waals surface area (Å²) in [5.74, 6) is -0.191. The first-order valence-corrected chi connectivity index (χ1v) is 4.53. The highest BCUT2D eigenvalue weighted by Gasteiger charge is 2.15. The van der Waals surface area contributed by atoms with Crippen molar-refractivity contribution in [2.45, 2.75) is 0 Å². The Hall–Kier alpha value is -0.910. The van der Waals surface area contributed by atoms with Crippen LogP contribution in [0.15, 0.2) is 6.20 Å². The number of carbonyl (C=O) groups is 1. The molecule has 6 heteroatoms. The molecule has 78 valence electrons. The molecule has 0 atom stereocenters. The van der Waals surface area contributed by atoms with Crippen LogP contribution in [-0.2, 0) is 11.8 Å². The molecule has 1 aromatic heterocycles. The van der Waals surface area contributed by atoms with E-state index in [-0.39, 0.29) is 12.4 Å². The topological polar surface area (TPSA) is 70.1 Å². The van der Waals surface area contributed by atoms with E-state index in [1.165, 1.54) is 10.9 Å². The van der Waals surface area contributed by atoms with Crippen LogP contribution in [0.3, 0.4) is 0 Å². The van der Waals surface area contributed by atoms with Crippen molar-refractivity contribution >= 4 is 17.4 Å². The standard InChI is InChI=1S/C8H12ClN3O2/c1-12-8(6(9)4-11-12)7(13)5-14-3-2-10/h4H,2-3,5,10H2,1H3. The van der Waals surface area contributed by atoms with Gasteiger partial charge in [0.05, 0.1) is 17.8 Å². The van der Waals surface area contributed by atoms with Crippen molar-refractivity contribution in [1.29, 1.82) is 0 Å². The van der Waals surface area contributed by atoms with E-state index in [1.54, 1.807) is 7.05 Å². The molecule has 0 aromatic carbocycles. The van der Waals surface area contributed by atoms with E-state index >= 15 is 0 Å². The van der Waals surface area contributed by atoms with E-state index in [0.29, 0.717) is 23.9 Å². The van der Waals surface area contributed by atoms with E-state index < -0.39 is 0 Å². The Balaban J connectivity index is 2.60. The molecule has 2 N–H and O–H groups in total. The molecule has 1 heterocycles. The number of ether oxygens (including phenoxy) is 1. The first kappa shape index (κ1) is 11.2. The Morgan fingerprint density at radius 1 is 1.79 bits per heavy atom. The van der Waals surface area contributed by atoms with Crippen LogP contribution in [-0.4, -0.2) is 35.3 Å². The Labute approximate surface area is 86.8 Å². The van der Waals surface area contributed by atoms with Crippen LogP contribution in [0, 0.1) is 0 Å². The Morgan fingerprint density at radius 3 is 3.00 bits per heavy atom. The molecule has 1 rings (SSSR count). The van der Waals surface area contributed by atoms with Gasteiger partial charge in [0.1, 0.15) is 12.3 Å². The fourth-order valence-electron chi connectivity index (χ4n) is 1.04. The maximum atomic E-state index is 11.5. The third-order valence-corrected chi connectivity index (χ3v) is 1.93. The van der Waals surface area contributed by atoms with E-state index in [2.05, 4.69) is 5.10 Å². The normalized spacial score (nSPS) is 10.5. The summed E-state index contributed by atoms with van der Waals surface area (Å²) in [5, 5.41) is 4.19. The van der Waals surface area contributed by atoms with Crippen molar-refractivity contribution < 1.29 is 9.53 Å². The van der Waals surface area contributed by atoms with Crippen molar-refractivity contribution in [3.05, 3.63) is 16.9 Å². The van der Waals surface area contributed by atoms with Crippen molar-refractivity contribution in [2.24, 2.45) is 12.8 Å². The second-order valence-corrected chi connectivity index (χ2v) is 3.14. The van der Waals surface area contributed by atoms with Gasteiger partial charge < -0.3 is 10.5 Å². The van der Waals surface area contributed by atoms with Crippen molar-refractivity contribution in [3.8, 4) is 0 Å². The average molecular weight is 218 g/mol. The minimum atomic E-state index is -0.191. The molecule has 0 aliphatic heterocycles. The van der Waals surface area contributed by atoms with Gasteiger partial charge in [-0.2, -0.15) is 5.10 Å². The summed E-state index contributed by atoms with van der Waals surface area (Å²) in [5.41, 5.74) is 5.58. The number of aromatic nitrogens is 2. The molecular formula is C8H12ClN3O2. The third kappa shape index (κ3) is 2.54. The average Bonchev–Trinajstić information content (AvgIpc) is 2.46. The molecule has 0 aliphatic carbocycles. The van der Waals surface area contributed by atoms with E-state index in [9.17, 15) is 4.79 Å². The van der Waals surface area contributed by atoms with Crippen LogP contribution in [0.5, 0.6) is 0 Å². The molecule has 0 saturated heterocycles. The predicted molar refractivity (Wildman–Crippen MR) is 52.4 cm³/mol. The molecule has 14 heavy (non-hydrogen) atoms. The lowest BCUT2D eigenvalue weighted by molar-refractivity contribution is 0.0765. The zero-order chi connectivity index (χ0) is 10.6. The second-order valence-electron chi connectivity index (χ2n) is 2.73. The third-order valence-electron chi connectivity index (χ3n) is 1.65. The first-order chi connectivity index (χ1) is 6.66. The van der Waals surface area contributed by atoms with Crippen LogP contribution < -0.4 is 5.73 Å². The Bertz CT molecular complexity index is 305. The molecule has 0 bridgehead atoms. The summed E-state index contributed by atoms with van der Waals surface area (Å²) >= 11 is 5.77. The summed E-state index contributed by atoms with van der Waals surface area (Å²) < 4.78 is 6.43. The molecule has 0 amide bonds. The van der Waals surface area contributed by atoms with Gasteiger partial charge in [0.25, 0.3) is 0 Å². The monoisotopic (exact) mass is 217 g/mol. The van der Waals surface area contributed by atoms with E-state index in [0.717, 1.165) is 0 Å². The van der Waals surface area contributed by atoms with Crippen molar-refractivity contribution in [3.63, 3.8) is 0 Å². The molecule has 0 fully saturated rings. The number of rotatable bonds is 5. The number of halogens is 1. The summed E-state index contributed by atoms with van der Waals surface area (Å²) in [7, 11) is 1.65. The number of hydrogen-bond donors (Lipinski definition) is 1. The molecular weight excluding hydrogens is 206 g/mol. The van der Waals surface area contributed by atoms with Crippen LogP contribution >= 0.6 is 11.6 Å². The highest BCUT2D eigenvalue weighted by Crippen LogP contribution is 2.14. The van der Waals surface area contributed by atoms with Gasteiger partial charge in [0.15, 0.2) is 0 Å². The largest absolute Gasteiger partial charge is 0.372 e. The lowest BCUT2D eigenvalue weighted by Gasteiger charge is -2.02. The minimum Gasteiger partial charge on any atom is -0.372 e. The molecule has 5 nitrogen and oxygen atoms in total. The molecule has 0 spiro atoms. The molecule has 1 aromatic rings. The second kappa shape index (κ2) is 5.09. The van der Waals surface area contributed by atoms with Gasteiger partial charge in [-0.25, -0.2) is 0 Å². The fourth-order valence-corrected chi connectivity index (χ4v) is 1.31. The Morgan fingerprint density at radius 2 is 2.50 bits per heavy atom. The summed E-state index contributed by atoms with van der Waals surface area (Å²) in [4.78, 5) is 11.5. The van der Waals surface area contributed by atoms with Crippen LogP contribution in [0.25, 0.3) is 0 Å². The number of carbonyl (C=O) groups excluding carboxylic acids is 1. The van der Waals surface area contributed by atoms with Crippen molar-refractivity contribution in [2.75, 3.05) is 19.8 Å². The lowest BCUT2D eigenvalue weighted by atomic mass is 10.3. The predicted octanol–water partition coefficient (Wildman–Crippen LogP) is 0.232. The summed E-state index contributed by atoms with van der Waals surface area (Å²) in [6.07, 6.45) is 1.43. The van der Waals surface area contributed by atoms with E-state index in [1.807, 2.05) is 0 Å². The molecule has 0 saturated carbocycles. The highest BCUT2D eigenvalue weighted by molar-refractivity contribution is 6.33. The zero-order valence-corrected chi connectivity index (χ0v) is 8.62. The van der Waals surface area contributed by atoms with Gasteiger partial charge >= 0.3 is 0 Å². The number of nitrogens with zero attached hydrogens (tertiary/aromatic N) is 2. The number of Topliss-reactive ketones (excluding diaryl/α,β-unsaturated/α-hetero) is 1. The summed E-state index contributed by atoms with van der Waals surface area (Å²) in [6, 6.07) is 0. The van der Waals surface area contributed by atoms with Gasteiger partial charge in [-0.3, -0.25) is 9.48 Å². The number of ketones is 1. The van der Waals surface area contributed by atoms with Gasteiger partial charge in [-0.15, -0.1) is 0 Å².